The minimum atomic E-state index is 0.679. The van der Waals surface area contributed by atoms with Gasteiger partial charge in [-0.3, -0.25) is 4.98 Å². The van der Waals surface area contributed by atoms with Gasteiger partial charge in [-0.15, -0.1) is 0 Å². The first kappa shape index (κ1) is 12.5. The third-order valence-electron chi connectivity index (χ3n) is 2.75. The van der Waals surface area contributed by atoms with Crippen LogP contribution in [0.2, 0.25) is 0 Å². The molecule has 17 heavy (non-hydrogen) atoms. The van der Waals surface area contributed by atoms with Crippen LogP contribution in [0.25, 0.3) is 10.9 Å². The molecule has 4 heteroatoms. The molecule has 0 bridgehead atoms. The normalized spacial score (nSPS) is 11.3. The summed E-state index contributed by atoms with van der Waals surface area (Å²) in [5.41, 5.74) is 7.85. The zero-order valence-electron chi connectivity index (χ0n) is 9.86. The van der Waals surface area contributed by atoms with Crippen molar-refractivity contribution < 1.29 is 0 Å². The first-order valence-corrected chi connectivity index (χ1v) is 6.42. The highest BCUT2D eigenvalue weighted by Crippen LogP contribution is 2.25. The SMILES string of the molecule is CN(CCN)Cc1ccc(Br)c2cccnc12. The second-order valence-corrected chi connectivity index (χ2v) is 4.99. The van der Waals surface area contributed by atoms with E-state index in [1.165, 1.54) is 5.56 Å². The zero-order valence-corrected chi connectivity index (χ0v) is 11.4. The van der Waals surface area contributed by atoms with Crippen LogP contribution in [-0.2, 0) is 6.54 Å². The van der Waals surface area contributed by atoms with Crippen LogP contribution in [0.15, 0.2) is 34.9 Å². The average molecular weight is 294 g/mol. The number of aromatic nitrogens is 1. The van der Waals surface area contributed by atoms with Crippen molar-refractivity contribution in [2.24, 2.45) is 5.73 Å². The van der Waals surface area contributed by atoms with E-state index in [0.29, 0.717) is 6.54 Å². The molecular weight excluding hydrogens is 278 g/mol. The van der Waals surface area contributed by atoms with Gasteiger partial charge in [-0.25, -0.2) is 0 Å². The van der Waals surface area contributed by atoms with E-state index in [1.807, 2.05) is 12.3 Å². The second-order valence-electron chi connectivity index (χ2n) is 4.13. The van der Waals surface area contributed by atoms with Crippen molar-refractivity contribution in [2.45, 2.75) is 6.54 Å². The Hall–Kier alpha value is -0.970. The Morgan fingerprint density at radius 3 is 2.94 bits per heavy atom. The third kappa shape index (κ3) is 2.83. The summed E-state index contributed by atoms with van der Waals surface area (Å²) in [5.74, 6) is 0. The molecule has 1 aromatic carbocycles. The first-order chi connectivity index (χ1) is 8.22. The van der Waals surface area contributed by atoms with Crippen molar-refractivity contribution in [3.63, 3.8) is 0 Å². The quantitative estimate of drug-likeness (QED) is 0.941. The molecule has 2 aromatic rings. The van der Waals surface area contributed by atoms with Crippen LogP contribution in [-0.4, -0.2) is 30.0 Å². The molecular formula is C13H16BrN3. The van der Waals surface area contributed by atoms with Gasteiger partial charge in [0.05, 0.1) is 5.52 Å². The van der Waals surface area contributed by atoms with Crippen LogP contribution in [0, 0.1) is 0 Å². The molecule has 0 aliphatic heterocycles. The summed E-state index contributed by atoms with van der Waals surface area (Å²) in [5, 5.41) is 1.16. The van der Waals surface area contributed by atoms with Gasteiger partial charge in [-0.05, 0) is 24.7 Å². The molecule has 0 unspecified atom stereocenters. The lowest BCUT2D eigenvalue weighted by atomic mass is 10.1. The van der Waals surface area contributed by atoms with Crippen molar-refractivity contribution in [2.75, 3.05) is 20.1 Å². The maximum Gasteiger partial charge on any atom is 0.0758 e. The summed E-state index contributed by atoms with van der Waals surface area (Å²) in [6.45, 7) is 2.45. The van der Waals surface area contributed by atoms with Crippen molar-refractivity contribution in [3.8, 4) is 0 Å². The van der Waals surface area contributed by atoms with Gasteiger partial charge in [-0.2, -0.15) is 0 Å². The van der Waals surface area contributed by atoms with Crippen LogP contribution < -0.4 is 5.73 Å². The minimum Gasteiger partial charge on any atom is -0.329 e. The van der Waals surface area contributed by atoms with Gasteiger partial charge in [0.25, 0.3) is 0 Å². The Bertz CT molecular complexity index is 513. The Kier molecular flexibility index (Phi) is 4.10. The number of rotatable bonds is 4. The predicted molar refractivity (Wildman–Crippen MR) is 74.8 cm³/mol. The van der Waals surface area contributed by atoms with E-state index in [1.54, 1.807) is 0 Å². The maximum absolute atomic E-state index is 5.56. The summed E-state index contributed by atoms with van der Waals surface area (Å²) >= 11 is 3.55. The lowest BCUT2D eigenvalue weighted by Gasteiger charge is -2.16. The summed E-state index contributed by atoms with van der Waals surface area (Å²) in [6.07, 6.45) is 1.83. The molecule has 0 aliphatic rings. The highest BCUT2D eigenvalue weighted by molar-refractivity contribution is 9.10. The van der Waals surface area contributed by atoms with Gasteiger partial charge < -0.3 is 10.6 Å². The van der Waals surface area contributed by atoms with E-state index < -0.39 is 0 Å². The van der Waals surface area contributed by atoms with Gasteiger partial charge in [0, 0.05) is 35.7 Å². The molecule has 1 heterocycles. The molecule has 2 rings (SSSR count). The van der Waals surface area contributed by atoms with Crippen molar-refractivity contribution in [1.82, 2.24) is 9.88 Å². The molecule has 0 amide bonds. The number of benzene rings is 1. The Morgan fingerprint density at radius 1 is 1.35 bits per heavy atom. The number of pyridine rings is 1. The molecule has 0 fully saturated rings. The van der Waals surface area contributed by atoms with Gasteiger partial charge in [-0.1, -0.05) is 28.1 Å². The van der Waals surface area contributed by atoms with E-state index in [2.05, 4.69) is 51.1 Å². The molecule has 0 saturated heterocycles. The Balaban J connectivity index is 2.38. The number of likely N-dealkylation sites (N-methyl/N-ethyl adjacent to an activating group) is 1. The second kappa shape index (κ2) is 5.58. The highest BCUT2D eigenvalue weighted by atomic mass is 79.9. The summed E-state index contributed by atoms with van der Waals surface area (Å²) in [6, 6.07) is 8.24. The lowest BCUT2D eigenvalue weighted by Crippen LogP contribution is -2.25. The van der Waals surface area contributed by atoms with Crippen LogP contribution in [0.5, 0.6) is 0 Å². The topological polar surface area (TPSA) is 42.1 Å². The molecule has 0 radical (unpaired) electrons. The number of nitrogens with zero attached hydrogens (tertiary/aromatic N) is 2. The molecule has 0 saturated carbocycles. The number of nitrogens with two attached hydrogens (primary N) is 1. The molecule has 2 N–H and O–H groups in total. The summed E-state index contributed by atoms with van der Waals surface area (Å²) in [4.78, 5) is 6.67. The van der Waals surface area contributed by atoms with Gasteiger partial charge in [0.2, 0.25) is 0 Å². The molecule has 1 aromatic heterocycles. The number of hydrogen-bond donors (Lipinski definition) is 1. The van der Waals surface area contributed by atoms with Gasteiger partial charge in [0.1, 0.15) is 0 Å². The predicted octanol–water partition coefficient (Wildman–Crippen LogP) is 2.39. The Labute approximate surface area is 110 Å². The van der Waals surface area contributed by atoms with Crippen LogP contribution >= 0.6 is 15.9 Å². The molecule has 0 spiro atoms. The van der Waals surface area contributed by atoms with Crippen molar-refractivity contribution in [3.05, 3.63) is 40.5 Å². The number of hydrogen-bond acceptors (Lipinski definition) is 3. The van der Waals surface area contributed by atoms with E-state index in [0.717, 1.165) is 28.5 Å². The van der Waals surface area contributed by atoms with Gasteiger partial charge >= 0.3 is 0 Å². The van der Waals surface area contributed by atoms with Gasteiger partial charge in [0.15, 0.2) is 0 Å². The highest BCUT2D eigenvalue weighted by Gasteiger charge is 2.07. The molecule has 0 aliphatic carbocycles. The van der Waals surface area contributed by atoms with Crippen LogP contribution in [0.4, 0.5) is 0 Å². The fraction of sp³-hybridized carbons (Fsp3) is 0.308. The zero-order chi connectivity index (χ0) is 12.3. The van der Waals surface area contributed by atoms with Crippen LogP contribution in [0.1, 0.15) is 5.56 Å². The smallest absolute Gasteiger partial charge is 0.0758 e. The van der Waals surface area contributed by atoms with E-state index in [9.17, 15) is 0 Å². The largest absolute Gasteiger partial charge is 0.329 e. The summed E-state index contributed by atoms with van der Waals surface area (Å²) in [7, 11) is 2.07. The lowest BCUT2D eigenvalue weighted by molar-refractivity contribution is 0.337. The van der Waals surface area contributed by atoms with E-state index in [4.69, 9.17) is 5.73 Å². The van der Waals surface area contributed by atoms with E-state index >= 15 is 0 Å². The fourth-order valence-corrected chi connectivity index (χ4v) is 2.37. The van der Waals surface area contributed by atoms with Crippen molar-refractivity contribution >= 4 is 26.8 Å². The summed E-state index contributed by atoms with van der Waals surface area (Å²) < 4.78 is 1.09. The standard InChI is InChI=1S/C13H16BrN3/c1-17(8-6-15)9-10-4-5-12(14)11-3-2-7-16-13(10)11/h2-5,7H,6,8-9,15H2,1H3. The fourth-order valence-electron chi connectivity index (χ4n) is 1.91. The molecule has 0 atom stereocenters. The Morgan fingerprint density at radius 2 is 2.18 bits per heavy atom. The third-order valence-corrected chi connectivity index (χ3v) is 3.44. The van der Waals surface area contributed by atoms with Crippen molar-refractivity contribution in [1.29, 1.82) is 0 Å². The number of halogens is 1. The van der Waals surface area contributed by atoms with E-state index in [-0.39, 0.29) is 0 Å². The maximum atomic E-state index is 5.56. The number of fused-ring (bicyclic) bond motifs is 1. The average Bonchev–Trinajstić information content (AvgIpc) is 2.34. The van der Waals surface area contributed by atoms with Crippen LogP contribution in [0.3, 0.4) is 0 Å². The monoisotopic (exact) mass is 293 g/mol. The first-order valence-electron chi connectivity index (χ1n) is 5.63. The minimum absolute atomic E-state index is 0.679. The molecule has 3 nitrogen and oxygen atoms in total. The molecule has 90 valence electrons.